The lowest BCUT2D eigenvalue weighted by Gasteiger charge is -2.15. The smallest absolute Gasteiger partial charge is 0.249 e. The molecule has 1 N–H and O–H groups in total. The number of terminal acetylenes is 1. The number of rotatable bonds is 7. The molecule has 0 aliphatic carbocycles. The van der Waals surface area contributed by atoms with E-state index in [0.717, 1.165) is 24.8 Å². The predicted molar refractivity (Wildman–Crippen MR) is 86.6 cm³/mol. The normalized spacial score (nSPS) is 24.1. The molecule has 2 aliphatic rings. The molecular formula is C18H21N3O2. The van der Waals surface area contributed by atoms with Gasteiger partial charge >= 0.3 is 0 Å². The van der Waals surface area contributed by atoms with Gasteiger partial charge in [-0.2, -0.15) is 10.2 Å². The van der Waals surface area contributed by atoms with Crippen LogP contribution in [-0.2, 0) is 9.53 Å². The lowest BCUT2D eigenvalue weighted by atomic mass is 10.0. The van der Waals surface area contributed by atoms with Crippen LogP contribution < -0.4 is 5.32 Å². The average Bonchev–Trinajstić information content (AvgIpc) is 3.17. The molecule has 0 aromatic heterocycles. The van der Waals surface area contributed by atoms with E-state index in [9.17, 15) is 4.79 Å². The second-order valence-corrected chi connectivity index (χ2v) is 6.03. The first kappa shape index (κ1) is 15.7. The van der Waals surface area contributed by atoms with E-state index in [0.29, 0.717) is 19.4 Å². The monoisotopic (exact) mass is 311 g/mol. The van der Waals surface area contributed by atoms with Gasteiger partial charge in [0.15, 0.2) is 5.66 Å². The molecule has 5 nitrogen and oxygen atoms in total. The molecule has 0 saturated carbocycles. The Bertz CT molecular complexity index is 615. The Kier molecular flexibility index (Phi) is 4.73. The number of nitrogens with one attached hydrogen (secondary N) is 1. The van der Waals surface area contributed by atoms with E-state index in [4.69, 9.17) is 11.2 Å². The Balaban J connectivity index is 1.41. The molecule has 120 valence electrons. The zero-order valence-electron chi connectivity index (χ0n) is 13.1. The van der Waals surface area contributed by atoms with Crippen LogP contribution in [0.15, 0.2) is 40.6 Å². The van der Waals surface area contributed by atoms with Crippen molar-refractivity contribution in [3.63, 3.8) is 0 Å². The molecule has 5 heteroatoms. The van der Waals surface area contributed by atoms with Gasteiger partial charge in [-0.3, -0.25) is 4.79 Å². The van der Waals surface area contributed by atoms with Gasteiger partial charge in [0.1, 0.15) is 6.10 Å². The second-order valence-electron chi connectivity index (χ2n) is 6.03. The highest BCUT2D eigenvalue weighted by atomic mass is 16.5. The molecule has 0 radical (unpaired) electrons. The first-order valence-corrected chi connectivity index (χ1v) is 8.08. The van der Waals surface area contributed by atoms with Crippen LogP contribution in [0.4, 0.5) is 0 Å². The van der Waals surface area contributed by atoms with Gasteiger partial charge in [0.2, 0.25) is 5.91 Å². The van der Waals surface area contributed by atoms with Crippen molar-refractivity contribution in [2.75, 3.05) is 6.54 Å². The van der Waals surface area contributed by atoms with Crippen molar-refractivity contribution in [2.45, 2.75) is 50.0 Å². The Morgan fingerprint density at radius 3 is 2.78 bits per heavy atom. The summed E-state index contributed by atoms with van der Waals surface area (Å²) in [5.41, 5.74) is 0.787. The summed E-state index contributed by atoms with van der Waals surface area (Å²) in [6.07, 6.45) is 8.66. The first-order chi connectivity index (χ1) is 11.2. The molecule has 1 aromatic rings. The van der Waals surface area contributed by atoms with E-state index in [1.165, 1.54) is 0 Å². The van der Waals surface area contributed by atoms with E-state index in [-0.39, 0.29) is 23.8 Å². The topological polar surface area (TPSA) is 63.0 Å². The van der Waals surface area contributed by atoms with E-state index in [2.05, 4.69) is 21.5 Å². The maximum Gasteiger partial charge on any atom is 0.249 e. The first-order valence-electron chi connectivity index (χ1n) is 8.08. The van der Waals surface area contributed by atoms with Gasteiger partial charge < -0.3 is 10.1 Å². The van der Waals surface area contributed by atoms with Gasteiger partial charge in [0.05, 0.1) is 6.10 Å². The molecule has 23 heavy (non-hydrogen) atoms. The molecule has 1 saturated heterocycles. The minimum atomic E-state index is -0.366. The molecule has 1 amide bonds. The summed E-state index contributed by atoms with van der Waals surface area (Å²) >= 11 is 0. The number of nitrogens with zero attached hydrogens (tertiary/aromatic N) is 2. The lowest BCUT2D eigenvalue weighted by molar-refractivity contribution is -0.132. The zero-order chi connectivity index (χ0) is 16.1. The number of ether oxygens (including phenoxy) is 1. The van der Waals surface area contributed by atoms with Crippen LogP contribution in [0.3, 0.4) is 0 Å². The molecule has 2 aliphatic heterocycles. The van der Waals surface area contributed by atoms with Gasteiger partial charge in [-0.25, -0.2) is 0 Å². The average molecular weight is 311 g/mol. The molecule has 0 spiro atoms. The maximum absolute atomic E-state index is 12.2. The fourth-order valence-corrected chi connectivity index (χ4v) is 2.91. The number of hydrogen-bond donors (Lipinski definition) is 1. The number of hydrogen-bond acceptors (Lipinski definition) is 4. The molecule has 1 fully saturated rings. The molecule has 0 unspecified atom stereocenters. The van der Waals surface area contributed by atoms with Crippen LogP contribution in [0.5, 0.6) is 0 Å². The summed E-state index contributed by atoms with van der Waals surface area (Å²) in [4.78, 5) is 12.2. The van der Waals surface area contributed by atoms with Crippen molar-refractivity contribution >= 4 is 5.91 Å². The number of amides is 1. The lowest BCUT2D eigenvalue weighted by Crippen LogP contribution is -2.36. The van der Waals surface area contributed by atoms with E-state index in [1.54, 1.807) is 0 Å². The fraction of sp³-hybridized carbons (Fsp3) is 0.500. The summed E-state index contributed by atoms with van der Waals surface area (Å²) in [6.45, 7) is 0.548. The van der Waals surface area contributed by atoms with Crippen LogP contribution in [0.2, 0.25) is 0 Å². The number of carbonyl (C=O) groups excluding carboxylic acids is 1. The van der Waals surface area contributed by atoms with E-state index >= 15 is 0 Å². The number of carbonyl (C=O) groups is 1. The minimum Gasteiger partial charge on any atom is -0.360 e. The molecule has 2 atom stereocenters. The van der Waals surface area contributed by atoms with Gasteiger partial charge in [0.25, 0.3) is 0 Å². The Hall–Kier alpha value is -2.19. The van der Waals surface area contributed by atoms with Gasteiger partial charge in [-0.15, -0.1) is 12.3 Å². The van der Waals surface area contributed by atoms with Gasteiger partial charge in [0, 0.05) is 25.8 Å². The van der Waals surface area contributed by atoms with Crippen LogP contribution in [0.1, 0.15) is 43.8 Å². The summed E-state index contributed by atoms with van der Waals surface area (Å²) in [5.74, 6) is 2.56. The van der Waals surface area contributed by atoms with Crippen molar-refractivity contribution < 1.29 is 9.53 Å². The van der Waals surface area contributed by atoms with Crippen molar-refractivity contribution in [3.05, 3.63) is 35.9 Å². The molecule has 1 aromatic carbocycles. The van der Waals surface area contributed by atoms with E-state index < -0.39 is 0 Å². The van der Waals surface area contributed by atoms with Crippen molar-refractivity contribution in [2.24, 2.45) is 10.2 Å². The third-order valence-electron chi connectivity index (χ3n) is 4.36. The molecular weight excluding hydrogens is 290 g/mol. The minimum absolute atomic E-state index is 0.0161. The highest BCUT2D eigenvalue weighted by Crippen LogP contribution is 2.36. The fourth-order valence-electron chi connectivity index (χ4n) is 2.91. The Labute approximate surface area is 136 Å². The predicted octanol–water partition coefficient (Wildman–Crippen LogP) is 2.99. The van der Waals surface area contributed by atoms with Crippen LogP contribution in [0.25, 0.3) is 0 Å². The standard InChI is InChI=1S/C18H21N3O2/c1-2-3-11-18(20-21-18)12-13-19-17(22)16-10-9-15(23-16)14-7-5-4-6-8-14/h1,4-8,15-16H,3,9-13H2,(H,19,22)/t15-,16+/m1/s1. The highest BCUT2D eigenvalue weighted by molar-refractivity contribution is 5.81. The van der Waals surface area contributed by atoms with Gasteiger partial charge in [-0.1, -0.05) is 30.3 Å². The van der Waals surface area contributed by atoms with E-state index in [1.807, 2.05) is 30.3 Å². The summed E-state index contributed by atoms with van der Waals surface area (Å²) < 4.78 is 5.89. The largest absolute Gasteiger partial charge is 0.360 e. The van der Waals surface area contributed by atoms with Crippen molar-refractivity contribution in [1.82, 2.24) is 5.32 Å². The zero-order valence-corrected chi connectivity index (χ0v) is 13.1. The highest BCUT2D eigenvalue weighted by Gasteiger charge is 2.39. The molecule has 0 bridgehead atoms. The van der Waals surface area contributed by atoms with Crippen molar-refractivity contribution in [1.29, 1.82) is 0 Å². The Morgan fingerprint density at radius 1 is 1.30 bits per heavy atom. The Morgan fingerprint density at radius 2 is 2.09 bits per heavy atom. The van der Waals surface area contributed by atoms with Crippen LogP contribution in [0, 0.1) is 12.3 Å². The van der Waals surface area contributed by atoms with Gasteiger partial charge in [-0.05, 0) is 18.4 Å². The maximum atomic E-state index is 12.2. The SMILES string of the molecule is C#CCCC1(CCNC(=O)[C@@H]2CC[C@H](c3ccccc3)O2)N=N1. The summed E-state index contributed by atoms with van der Waals surface area (Å²) in [7, 11) is 0. The second kappa shape index (κ2) is 6.93. The third kappa shape index (κ3) is 3.96. The molecule has 2 heterocycles. The van der Waals surface area contributed by atoms with Crippen LogP contribution >= 0.6 is 0 Å². The molecule has 3 rings (SSSR count). The summed E-state index contributed by atoms with van der Waals surface area (Å²) in [5, 5.41) is 11.1. The van der Waals surface area contributed by atoms with Crippen LogP contribution in [-0.4, -0.2) is 24.2 Å². The summed E-state index contributed by atoms with van der Waals surface area (Å²) in [6, 6.07) is 10.0. The number of benzene rings is 1. The quantitative estimate of drug-likeness (QED) is 0.787. The van der Waals surface area contributed by atoms with Crippen molar-refractivity contribution in [3.8, 4) is 12.3 Å². The third-order valence-corrected chi connectivity index (χ3v) is 4.36.